The number of fused-ring (bicyclic) bond motifs is 1. The van der Waals surface area contributed by atoms with Crippen LogP contribution >= 0.6 is 0 Å². The van der Waals surface area contributed by atoms with Gasteiger partial charge in [0.25, 0.3) is 11.3 Å². The second-order valence-corrected chi connectivity index (χ2v) is 9.04. The maximum Gasteiger partial charge on any atom is 0.259 e. The second-order valence-electron chi connectivity index (χ2n) is 8.34. The van der Waals surface area contributed by atoms with Gasteiger partial charge < -0.3 is 19.7 Å². The van der Waals surface area contributed by atoms with Crippen LogP contribution in [0.2, 0.25) is 0 Å². The van der Waals surface area contributed by atoms with Crippen molar-refractivity contribution in [3.8, 4) is 5.88 Å². The standard InChI is InChI=1S/C22H27N7O4S/c30-34(31)28-16-13-24-22(25-14-16)26-15-3-5-17(6-4-15)33-21-18-2-1-7-23-19(18)12-20(27-21)29-8-10-32-11-9-29/h1-2,7,12-15,17,28H,3-6,8-11H2,(H,30,31)(H,24,25,26). The molecule has 0 amide bonds. The zero-order chi connectivity index (χ0) is 23.3. The van der Waals surface area contributed by atoms with Gasteiger partial charge in [0.1, 0.15) is 11.9 Å². The molecule has 4 heterocycles. The highest BCUT2D eigenvalue weighted by atomic mass is 32.2. The smallest absolute Gasteiger partial charge is 0.259 e. The molecular weight excluding hydrogens is 458 g/mol. The van der Waals surface area contributed by atoms with E-state index in [9.17, 15) is 4.21 Å². The molecule has 11 nitrogen and oxygen atoms in total. The van der Waals surface area contributed by atoms with E-state index in [4.69, 9.17) is 19.0 Å². The van der Waals surface area contributed by atoms with Crippen LogP contribution < -0.4 is 19.7 Å². The number of hydrogen-bond donors (Lipinski definition) is 3. The average Bonchev–Trinajstić information content (AvgIpc) is 2.86. The van der Waals surface area contributed by atoms with Crippen LogP contribution in [0.15, 0.2) is 36.8 Å². The van der Waals surface area contributed by atoms with Crippen molar-refractivity contribution in [2.24, 2.45) is 0 Å². The van der Waals surface area contributed by atoms with Crippen molar-refractivity contribution in [2.75, 3.05) is 41.2 Å². The number of hydrogen-bond acceptors (Lipinski definition) is 9. The summed E-state index contributed by atoms with van der Waals surface area (Å²) in [5.74, 6) is 2.01. The van der Waals surface area contributed by atoms with E-state index in [0.717, 1.165) is 55.5 Å². The van der Waals surface area contributed by atoms with Gasteiger partial charge in [0, 0.05) is 31.4 Å². The highest BCUT2D eigenvalue weighted by Crippen LogP contribution is 2.31. The van der Waals surface area contributed by atoms with Crippen LogP contribution in [0, 0.1) is 0 Å². The molecule has 1 aliphatic heterocycles. The Morgan fingerprint density at radius 3 is 2.62 bits per heavy atom. The minimum atomic E-state index is -2.14. The Morgan fingerprint density at radius 1 is 1.12 bits per heavy atom. The minimum Gasteiger partial charge on any atom is -0.474 e. The molecule has 5 rings (SSSR count). The molecule has 0 bridgehead atoms. The quantitative estimate of drug-likeness (QED) is 0.429. The van der Waals surface area contributed by atoms with Crippen molar-refractivity contribution in [1.29, 1.82) is 0 Å². The first-order valence-electron chi connectivity index (χ1n) is 11.4. The Labute approximate surface area is 199 Å². The Morgan fingerprint density at radius 2 is 1.88 bits per heavy atom. The molecule has 0 radical (unpaired) electrons. The van der Waals surface area contributed by atoms with Gasteiger partial charge in [-0.05, 0) is 37.8 Å². The van der Waals surface area contributed by atoms with Gasteiger partial charge in [-0.15, -0.1) is 0 Å². The van der Waals surface area contributed by atoms with E-state index in [2.05, 4.69) is 29.9 Å². The summed E-state index contributed by atoms with van der Waals surface area (Å²) in [4.78, 5) is 20.0. The molecule has 0 spiro atoms. The van der Waals surface area contributed by atoms with Crippen molar-refractivity contribution in [1.82, 2.24) is 19.9 Å². The number of morpholine rings is 1. The normalized spacial score (nSPS) is 21.7. The van der Waals surface area contributed by atoms with Crippen LogP contribution in [0.4, 0.5) is 17.5 Å². The lowest BCUT2D eigenvalue weighted by Crippen LogP contribution is -2.37. The van der Waals surface area contributed by atoms with E-state index in [1.165, 1.54) is 12.4 Å². The monoisotopic (exact) mass is 485 g/mol. The van der Waals surface area contributed by atoms with E-state index in [1.807, 2.05) is 18.2 Å². The molecule has 1 unspecified atom stereocenters. The van der Waals surface area contributed by atoms with Crippen molar-refractivity contribution in [2.45, 2.75) is 37.8 Å². The van der Waals surface area contributed by atoms with E-state index >= 15 is 0 Å². The first-order valence-corrected chi connectivity index (χ1v) is 12.5. The first kappa shape index (κ1) is 22.7. The highest BCUT2D eigenvalue weighted by Gasteiger charge is 2.25. The van der Waals surface area contributed by atoms with Gasteiger partial charge in [-0.25, -0.2) is 14.2 Å². The van der Waals surface area contributed by atoms with Crippen molar-refractivity contribution in [3.05, 3.63) is 36.8 Å². The average molecular weight is 486 g/mol. The molecule has 1 aliphatic carbocycles. The Kier molecular flexibility index (Phi) is 6.97. The van der Waals surface area contributed by atoms with Crippen LogP contribution in [0.25, 0.3) is 10.9 Å². The Bertz CT molecular complexity index is 1140. The van der Waals surface area contributed by atoms with Crippen LogP contribution in [0.3, 0.4) is 0 Å². The van der Waals surface area contributed by atoms with E-state index < -0.39 is 11.3 Å². The summed E-state index contributed by atoms with van der Waals surface area (Å²) in [6.45, 7) is 3.00. The maximum absolute atomic E-state index is 10.8. The van der Waals surface area contributed by atoms with Crippen LogP contribution in [-0.4, -0.2) is 67.1 Å². The fourth-order valence-electron chi connectivity index (χ4n) is 4.30. The zero-order valence-electron chi connectivity index (χ0n) is 18.6. The van der Waals surface area contributed by atoms with Crippen molar-refractivity contribution < 1.29 is 18.2 Å². The molecule has 180 valence electrons. The van der Waals surface area contributed by atoms with Crippen LogP contribution in [0.5, 0.6) is 5.88 Å². The highest BCUT2D eigenvalue weighted by molar-refractivity contribution is 7.80. The third-order valence-electron chi connectivity index (χ3n) is 6.03. The summed E-state index contributed by atoms with van der Waals surface area (Å²) in [6, 6.07) is 6.17. The van der Waals surface area contributed by atoms with Gasteiger partial charge in [0.15, 0.2) is 0 Å². The number of rotatable bonds is 7. The van der Waals surface area contributed by atoms with Crippen LogP contribution in [0.1, 0.15) is 25.7 Å². The summed E-state index contributed by atoms with van der Waals surface area (Å²) in [6.07, 6.45) is 8.40. The van der Waals surface area contributed by atoms with Gasteiger partial charge >= 0.3 is 0 Å². The molecule has 3 aromatic heterocycles. The molecule has 3 N–H and O–H groups in total. The summed E-state index contributed by atoms with van der Waals surface area (Å²) in [7, 11) is 0. The van der Waals surface area contributed by atoms with Gasteiger partial charge in [-0.3, -0.25) is 14.3 Å². The molecule has 1 saturated heterocycles. The Balaban J connectivity index is 1.22. The van der Waals surface area contributed by atoms with Crippen LogP contribution in [-0.2, 0) is 16.0 Å². The van der Waals surface area contributed by atoms with Gasteiger partial charge in [-0.1, -0.05) is 0 Å². The number of pyridine rings is 2. The van der Waals surface area contributed by atoms with Gasteiger partial charge in [-0.2, -0.15) is 4.98 Å². The molecule has 1 saturated carbocycles. The Hall–Kier alpha value is -3.09. The molecular formula is C22H27N7O4S. The fraction of sp³-hybridized carbons (Fsp3) is 0.455. The number of ether oxygens (including phenoxy) is 2. The summed E-state index contributed by atoms with van der Waals surface area (Å²) < 4.78 is 33.9. The summed E-state index contributed by atoms with van der Waals surface area (Å²) in [5, 5.41) is 4.26. The number of anilines is 3. The van der Waals surface area contributed by atoms with E-state index in [-0.39, 0.29) is 12.1 Å². The number of nitrogens with one attached hydrogen (secondary N) is 2. The summed E-state index contributed by atoms with van der Waals surface area (Å²) >= 11 is -2.14. The lowest BCUT2D eigenvalue weighted by molar-refractivity contribution is 0.122. The fourth-order valence-corrected chi connectivity index (χ4v) is 4.61. The van der Waals surface area contributed by atoms with Gasteiger partial charge in [0.2, 0.25) is 11.8 Å². The van der Waals surface area contributed by atoms with E-state index in [0.29, 0.717) is 30.7 Å². The van der Waals surface area contributed by atoms with E-state index in [1.54, 1.807) is 6.20 Å². The molecule has 2 fully saturated rings. The molecule has 1 atom stereocenters. The lowest BCUT2D eigenvalue weighted by atomic mass is 9.93. The molecule has 2 aliphatic rings. The second kappa shape index (κ2) is 10.5. The predicted molar refractivity (Wildman–Crippen MR) is 129 cm³/mol. The zero-order valence-corrected chi connectivity index (χ0v) is 19.4. The topological polar surface area (TPSA) is 135 Å². The molecule has 34 heavy (non-hydrogen) atoms. The first-order chi connectivity index (χ1) is 16.6. The molecule has 3 aromatic rings. The SMILES string of the molecule is O=S(O)Nc1cnc(NC2CCC(Oc3nc(N4CCOCC4)cc4ncccc34)CC2)nc1. The van der Waals surface area contributed by atoms with Crippen molar-refractivity contribution >= 4 is 39.6 Å². The number of nitrogens with zero attached hydrogens (tertiary/aromatic N) is 5. The lowest BCUT2D eigenvalue weighted by Gasteiger charge is -2.31. The maximum atomic E-state index is 10.8. The third-order valence-corrected chi connectivity index (χ3v) is 6.44. The summed E-state index contributed by atoms with van der Waals surface area (Å²) in [5.41, 5.74) is 1.27. The number of aromatic nitrogens is 4. The third kappa shape index (κ3) is 5.51. The largest absolute Gasteiger partial charge is 0.474 e. The predicted octanol–water partition coefficient (Wildman–Crippen LogP) is 2.61. The van der Waals surface area contributed by atoms with Gasteiger partial charge in [0.05, 0.1) is 42.2 Å². The van der Waals surface area contributed by atoms with Crippen molar-refractivity contribution in [3.63, 3.8) is 0 Å². The minimum absolute atomic E-state index is 0.0703. The molecule has 12 heteroatoms. The molecule has 0 aromatic carbocycles.